The fourth-order valence-corrected chi connectivity index (χ4v) is 3.82. The molecule has 1 aromatic carbocycles. The molecule has 2 aromatic heterocycles. The molecular weight excluding hydrogens is 399 g/mol. The first-order valence-electron chi connectivity index (χ1n) is 10.3. The van der Waals surface area contributed by atoms with Crippen molar-refractivity contribution < 1.29 is 14.0 Å². The molecule has 1 N–H and O–H groups in total. The van der Waals surface area contributed by atoms with Crippen molar-refractivity contribution >= 4 is 22.8 Å². The second-order valence-corrected chi connectivity index (χ2v) is 7.55. The fourth-order valence-electron chi connectivity index (χ4n) is 3.82. The minimum Gasteiger partial charge on any atom is -0.352 e. The highest BCUT2D eigenvalue weighted by molar-refractivity contribution is 5.96. The highest BCUT2D eigenvalue weighted by Crippen LogP contribution is 2.15. The van der Waals surface area contributed by atoms with E-state index >= 15 is 0 Å². The van der Waals surface area contributed by atoms with Crippen LogP contribution in [0.15, 0.2) is 53.5 Å². The Balaban J connectivity index is 1.55. The number of halogens is 1. The van der Waals surface area contributed by atoms with Crippen LogP contribution in [0.3, 0.4) is 0 Å². The Labute approximate surface area is 178 Å². The number of likely N-dealkylation sites (tertiary alicyclic amines) is 1. The van der Waals surface area contributed by atoms with Crippen LogP contribution in [0.4, 0.5) is 4.39 Å². The lowest BCUT2D eigenvalue weighted by atomic mass is 10.1. The number of carbonyl (C=O) groups excluding carboxylic acids is 2. The van der Waals surface area contributed by atoms with Crippen LogP contribution in [0.25, 0.3) is 11.0 Å². The first kappa shape index (κ1) is 20.7. The van der Waals surface area contributed by atoms with Crippen molar-refractivity contribution in [2.45, 2.75) is 25.8 Å². The summed E-state index contributed by atoms with van der Waals surface area (Å²) in [5.41, 5.74) is 0.181. The zero-order valence-corrected chi connectivity index (χ0v) is 17.0. The zero-order chi connectivity index (χ0) is 21.8. The standard InChI is InChI=1S/C23H23FN4O3/c24-19-8-2-1-6-17(19)15-28-21-16(7-3-10-25-21)14-18(23(28)31)22(30)26-11-5-13-27-12-4-9-20(27)29/h1-3,6-8,10,14H,4-5,9,11-13,15H2,(H,26,30). The molecule has 0 unspecified atom stereocenters. The Morgan fingerprint density at radius 1 is 1.16 bits per heavy atom. The Kier molecular flexibility index (Phi) is 6.06. The largest absolute Gasteiger partial charge is 0.352 e. The quantitative estimate of drug-likeness (QED) is 0.593. The minimum atomic E-state index is -0.526. The molecule has 1 fully saturated rings. The Morgan fingerprint density at radius 3 is 2.77 bits per heavy atom. The van der Waals surface area contributed by atoms with E-state index in [9.17, 15) is 18.8 Å². The molecule has 0 atom stereocenters. The van der Waals surface area contributed by atoms with Crippen molar-refractivity contribution in [3.63, 3.8) is 0 Å². The average Bonchev–Trinajstić information content (AvgIpc) is 3.18. The number of amides is 2. The lowest BCUT2D eigenvalue weighted by Crippen LogP contribution is -2.35. The molecule has 1 aliphatic heterocycles. The van der Waals surface area contributed by atoms with Gasteiger partial charge in [-0.3, -0.25) is 19.0 Å². The molecule has 2 amide bonds. The molecule has 0 aliphatic carbocycles. The minimum absolute atomic E-state index is 0.0194. The average molecular weight is 422 g/mol. The lowest BCUT2D eigenvalue weighted by Gasteiger charge is -2.15. The Hall–Kier alpha value is -3.55. The number of hydrogen-bond donors (Lipinski definition) is 1. The summed E-state index contributed by atoms with van der Waals surface area (Å²) >= 11 is 0. The van der Waals surface area contributed by atoms with Crippen LogP contribution in [0.5, 0.6) is 0 Å². The molecule has 4 rings (SSSR count). The highest BCUT2D eigenvalue weighted by Gasteiger charge is 2.20. The third-order valence-electron chi connectivity index (χ3n) is 5.44. The molecule has 1 saturated heterocycles. The second kappa shape index (κ2) is 9.07. The molecule has 3 aromatic rings. The molecular formula is C23H23FN4O3. The van der Waals surface area contributed by atoms with E-state index in [4.69, 9.17) is 0 Å². The van der Waals surface area contributed by atoms with Crippen LogP contribution in [-0.4, -0.2) is 45.9 Å². The summed E-state index contributed by atoms with van der Waals surface area (Å²) < 4.78 is 15.5. The molecule has 0 spiro atoms. The van der Waals surface area contributed by atoms with E-state index in [0.717, 1.165) is 13.0 Å². The lowest BCUT2D eigenvalue weighted by molar-refractivity contribution is -0.127. The van der Waals surface area contributed by atoms with Crippen LogP contribution >= 0.6 is 0 Å². The predicted molar refractivity (Wildman–Crippen MR) is 114 cm³/mol. The number of hydrogen-bond acceptors (Lipinski definition) is 4. The van der Waals surface area contributed by atoms with Gasteiger partial charge >= 0.3 is 0 Å². The van der Waals surface area contributed by atoms with Gasteiger partial charge in [0, 0.05) is 43.2 Å². The van der Waals surface area contributed by atoms with E-state index in [1.807, 2.05) is 0 Å². The van der Waals surface area contributed by atoms with Crippen molar-refractivity contribution in [1.29, 1.82) is 0 Å². The van der Waals surface area contributed by atoms with Crippen LogP contribution < -0.4 is 10.9 Å². The van der Waals surface area contributed by atoms with Gasteiger partial charge in [0.1, 0.15) is 17.0 Å². The van der Waals surface area contributed by atoms with Crippen molar-refractivity contribution in [1.82, 2.24) is 19.8 Å². The molecule has 160 valence electrons. The number of aromatic nitrogens is 2. The summed E-state index contributed by atoms with van der Waals surface area (Å²) in [5, 5.41) is 3.38. The summed E-state index contributed by atoms with van der Waals surface area (Å²) in [6.07, 6.45) is 3.62. The molecule has 1 aliphatic rings. The topological polar surface area (TPSA) is 84.3 Å². The number of pyridine rings is 2. The summed E-state index contributed by atoms with van der Waals surface area (Å²) in [6, 6.07) is 11.2. The van der Waals surface area contributed by atoms with Gasteiger partial charge in [-0.1, -0.05) is 18.2 Å². The number of benzene rings is 1. The first-order chi connectivity index (χ1) is 15.0. The Bertz CT molecular complexity index is 1190. The van der Waals surface area contributed by atoms with Gasteiger partial charge in [-0.15, -0.1) is 0 Å². The fraction of sp³-hybridized carbons (Fsp3) is 0.304. The Morgan fingerprint density at radius 2 is 2.00 bits per heavy atom. The smallest absolute Gasteiger partial charge is 0.265 e. The number of carbonyl (C=O) groups is 2. The van der Waals surface area contributed by atoms with Gasteiger partial charge in [0.2, 0.25) is 5.91 Å². The van der Waals surface area contributed by atoms with Crippen LogP contribution in [0.1, 0.15) is 35.2 Å². The van der Waals surface area contributed by atoms with E-state index < -0.39 is 17.3 Å². The third kappa shape index (κ3) is 4.47. The van der Waals surface area contributed by atoms with Crippen LogP contribution in [0.2, 0.25) is 0 Å². The van der Waals surface area contributed by atoms with Crippen molar-refractivity contribution in [2.75, 3.05) is 19.6 Å². The molecule has 8 heteroatoms. The van der Waals surface area contributed by atoms with Gasteiger partial charge in [0.05, 0.1) is 6.54 Å². The molecule has 7 nitrogen and oxygen atoms in total. The molecule has 31 heavy (non-hydrogen) atoms. The molecule has 0 saturated carbocycles. The monoisotopic (exact) mass is 422 g/mol. The third-order valence-corrected chi connectivity index (χ3v) is 5.44. The van der Waals surface area contributed by atoms with E-state index in [2.05, 4.69) is 10.3 Å². The SMILES string of the molecule is O=C(NCCCN1CCCC1=O)c1cc2cccnc2n(Cc2ccccc2F)c1=O. The molecule has 0 radical (unpaired) electrons. The van der Waals surface area contributed by atoms with Crippen molar-refractivity contribution in [3.8, 4) is 0 Å². The van der Waals surface area contributed by atoms with Gasteiger partial charge in [-0.25, -0.2) is 9.37 Å². The number of nitrogens with one attached hydrogen (secondary N) is 1. The van der Waals surface area contributed by atoms with E-state index in [1.165, 1.54) is 16.7 Å². The van der Waals surface area contributed by atoms with E-state index in [1.54, 1.807) is 41.4 Å². The normalized spacial score (nSPS) is 13.7. The second-order valence-electron chi connectivity index (χ2n) is 7.55. The van der Waals surface area contributed by atoms with Crippen molar-refractivity contribution in [2.24, 2.45) is 0 Å². The van der Waals surface area contributed by atoms with Gasteiger partial charge in [-0.05, 0) is 37.1 Å². The van der Waals surface area contributed by atoms with Gasteiger partial charge in [-0.2, -0.15) is 0 Å². The summed E-state index contributed by atoms with van der Waals surface area (Å²) in [4.78, 5) is 43.6. The molecule has 0 bridgehead atoms. The number of nitrogens with zero attached hydrogens (tertiary/aromatic N) is 3. The van der Waals surface area contributed by atoms with Crippen LogP contribution in [0, 0.1) is 5.82 Å². The van der Waals surface area contributed by atoms with Crippen LogP contribution in [-0.2, 0) is 11.3 Å². The highest BCUT2D eigenvalue weighted by atomic mass is 19.1. The van der Waals surface area contributed by atoms with Gasteiger partial charge in [0.25, 0.3) is 11.5 Å². The first-order valence-corrected chi connectivity index (χ1v) is 10.3. The maximum absolute atomic E-state index is 14.2. The zero-order valence-electron chi connectivity index (χ0n) is 17.0. The molecule has 3 heterocycles. The summed E-state index contributed by atoms with van der Waals surface area (Å²) in [7, 11) is 0. The van der Waals surface area contributed by atoms with E-state index in [0.29, 0.717) is 42.5 Å². The van der Waals surface area contributed by atoms with Gasteiger partial charge in [0.15, 0.2) is 0 Å². The summed E-state index contributed by atoms with van der Waals surface area (Å²) in [6.45, 7) is 1.65. The van der Waals surface area contributed by atoms with Crippen molar-refractivity contribution in [3.05, 3.63) is 76.0 Å². The maximum atomic E-state index is 14.2. The number of rotatable bonds is 7. The maximum Gasteiger partial charge on any atom is 0.265 e. The summed E-state index contributed by atoms with van der Waals surface area (Å²) in [5.74, 6) is -0.778. The van der Waals surface area contributed by atoms with Gasteiger partial charge < -0.3 is 10.2 Å². The number of fused-ring (bicyclic) bond motifs is 1. The predicted octanol–water partition coefficient (Wildman–Crippen LogP) is 2.33. The van der Waals surface area contributed by atoms with E-state index in [-0.39, 0.29) is 18.0 Å².